The van der Waals surface area contributed by atoms with Crippen molar-refractivity contribution in [3.8, 4) is 0 Å². The molecule has 5 nitrogen and oxygen atoms in total. The number of hydrogen-bond donors (Lipinski definition) is 2. The SMILES string of the molecule is CCNC(=O)c1ccc(NC(=O)c2ncccc2Br)cc1. The van der Waals surface area contributed by atoms with Crippen molar-refractivity contribution in [1.29, 1.82) is 0 Å². The predicted octanol–water partition coefficient (Wildman–Crippen LogP) is 2.85. The van der Waals surface area contributed by atoms with Crippen molar-refractivity contribution in [3.05, 3.63) is 58.3 Å². The van der Waals surface area contributed by atoms with E-state index in [1.807, 2.05) is 6.92 Å². The van der Waals surface area contributed by atoms with E-state index >= 15 is 0 Å². The second-order valence-corrected chi connectivity index (χ2v) is 5.08. The zero-order valence-corrected chi connectivity index (χ0v) is 13.0. The molecule has 0 radical (unpaired) electrons. The Morgan fingerprint density at radius 2 is 1.86 bits per heavy atom. The molecule has 21 heavy (non-hydrogen) atoms. The quantitative estimate of drug-likeness (QED) is 0.893. The van der Waals surface area contributed by atoms with Crippen LogP contribution >= 0.6 is 15.9 Å². The number of carbonyl (C=O) groups is 2. The second kappa shape index (κ2) is 6.99. The summed E-state index contributed by atoms with van der Waals surface area (Å²) in [4.78, 5) is 27.7. The maximum Gasteiger partial charge on any atom is 0.275 e. The zero-order valence-electron chi connectivity index (χ0n) is 11.4. The van der Waals surface area contributed by atoms with Crippen molar-refractivity contribution in [1.82, 2.24) is 10.3 Å². The molecule has 0 aliphatic rings. The van der Waals surface area contributed by atoms with E-state index in [1.165, 1.54) is 0 Å². The number of anilines is 1. The fourth-order valence-corrected chi connectivity index (χ4v) is 2.15. The molecule has 0 aliphatic heterocycles. The van der Waals surface area contributed by atoms with Crippen molar-refractivity contribution >= 4 is 33.4 Å². The summed E-state index contributed by atoms with van der Waals surface area (Å²) in [6.45, 7) is 2.43. The molecule has 0 saturated carbocycles. The maximum atomic E-state index is 12.1. The molecule has 0 saturated heterocycles. The lowest BCUT2D eigenvalue weighted by molar-refractivity contribution is 0.0955. The molecule has 2 aromatic rings. The highest BCUT2D eigenvalue weighted by Crippen LogP contribution is 2.16. The van der Waals surface area contributed by atoms with Crippen LogP contribution in [0.25, 0.3) is 0 Å². The number of hydrogen-bond acceptors (Lipinski definition) is 3. The number of aromatic nitrogens is 1. The average Bonchev–Trinajstić information content (AvgIpc) is 2.48. The first-order valence-corrected chi connectivity index (χ1v) is 7.21. The molecule has 6 heteroatoms. The standard InChI is InChI=1S/C15H14BrN3O2/c1-2-17-14(20)10-5-7-11(8-6-10)19-15(21)13-12(16)4-3-9-18-13/h3-9H,2H2,1H3,(H,17,20)(H,19,21). The van der Waals surface area contributed by atoms with Gasteiger partial charge in [-0.1, -0.05) is 0 Å². The highest BCUT2D eigenvalue weighted by atomic mass is 79.9. The molecular weight excluding hydrogens is 334 g/mol. The molecule has 1 aromatic carbocycles. The molecule has 1 aromatic heterocycles. The van der Waals surface area contributed by atoms with Gasteiger partial charge < -0.3 is 10.6 Å². The Morgan fingerprint density at radius 3 is 2.48 bits per heavy atom. The first kappa shape index (κ1) is 15.2. The lowest BCUT2D eigenvalue weighted by Crippen LogP contribution is -2.22. The largest absolute Gasteiger partial charge is 0.352 e. The van der Waals surface area contributed by atoms with Crippen molar-refractivity contribution < 1.29 is 9.59 Å². The molecule has 0 bridgehead atoms. The summed E-state index contributed by atoms with van der Waals surface area (Å²) < 4.78 is 0.626. The summed E-state index contributed by atoms with van der Waals surface area (Å²) in [5.41, 5.74) is 1.46. The molecule has 1 heterocycles. The highest BCUT2D eigenvalue weighted by Gasteiger charge is 2.11. The van der Waals surface area contributed by atoms with E-state index in [1.54, 1.807) is 42.6 Å². The van der Waals surface area contributed by atoms with Gasteiger partial charge in [0.15, 0.2) is 0 Å². The predicted molar refractivity (Wildman–Crippen MR) is 84.3 cm³/mol. The second-order valence-electron chi connectivity index (χ2n) is 4.22. The van der Waals surface area contributed by atoms with E-state index in [-0.39, 0.29) is 11.8 Å². The van der Waals surface area contributed by atoms with Gasteiger partial charge in [0.1, 0.15) is 5.69 Å². The summed E-state index contributed by atoms with van der Waals surface area (Å²) in [5, 5.41) is 5.45. The van der Waals surface area contributed by atoms with Gasteiger partial charge in [-0.15, -0.1) is 0 Å². The Kier molecular flexibility index (Phi) is 5.05. The van der Waals surface area contributed by atoms with Gasteiger partial charge in [-0.05, 0) is 59.3 Å². The summed E-state index contributed by atoms with van der Waals surface area (Å²) in [5.74, 6) is -0.448. The average molecular weight is 348 g/mol. The van der Waals surface area contributed by atoms with E-state index in [0.29, 0.717) is 28.0 Å². The van der Waals surface area contributed by atoms with Gasteiger partial charge in [0, 0.05) is 28.5 Å². The van der Waals surface area contributed by atoms with Crippen LogP contribution in [-0.2, 0) is 0 Å². The Balaban J connectivity index is 2.09. The van der Waals surface area contributed by atoms with Gasteiger partial charge in [0.2, 0.25) is 0 Å². The number of halogens is 1. The molecule has 108 valence electrons. The monoisotopic (exact) mass is 347 g/mol. The van der Waals surface area contributed by atoms with Crippen LogP contribution in [0.15, 0.2) is 47.1 Å². The van der Waals surface area contributed by atoms with E-state index < -0.39 is 0 Å². The summed E-state index contributed by atoms with van der Waals surface area (Å²) >= 11 is 3.28. The van der Waals surface area contributed by atoms with Gasteiger partial charge >= 0.3 is 0 Å². The number of benzene rings is 1. The molecule has 0 aliphatic carbocycles. The Bertz CT molecular complexity index is 656. The lowest BCUT2D eigenvalue weighted by atomic mass is 10.2. The van der Waals surface area contributed by atoms with Crippen LogP contribution in [-0.4, -0.2) is 23.3 Å². The maximum absolute atomic E-state index is 12.1. The third kappa shape index (κ3) is 3.88. The van der Waals surface area contributed by atoms with Crippen LogP contribution in [0.1, 0.15) is 27.8 Å². The van der Waals surface area contributed by atoms with Gasteiger partial charge in [0.05, 0.1) is 0 Å². The van der Waals surface area contributed by atoms with E-state index in [2.05, 4.69) is 31.5 Å². The molecule has 0 unspecified atom stereocenters. The van der Waals surface area contributed by atoms with Gasteiger partial charge in [-0.25, -0.2) is 4.98 Å². The minimum absolute atomic E-state index is 0.136. The van der Waals surface area contributed by atoms with Gasteiger partial charge in [0.25, 0.3) is 11.8 Å². The van der Waals surface area contributed by atoms with Crippen LogP contribution in [0.5, 0.6) is 0 Å². The zero-order chi connectivity index (χ0) is 15.2. The van der Waals surface area contributed by atoms with Crippen LogP contribution in [0.3, 0.4) is 0 Å². The Morgan fingerprint density at radius 1 is 1.14 bits per heavy atom. The fraction of sp³-hybridized carbons (Fsp3) is 0.133. The lowest BCUT2D eigenvalue weighted by Gasteiger charge is -2.07. The van der Waals surface area contributed by atoms with Gasteiger partial charge in [-0.2, -0.15) is 0 Å². The van der Waals surface area contributed by atoms with Crippen molar-refractivity contribution in [2.45, 2.75) is 6.92 Å². The van der Waals surface area contributed by atoms with E-state index in [9.17, 15) is 9.59 Å². The fourth-order valence-electron chi connectivity index (χ4n) is 1.71. The third-order valence-corrected chi connectivity index (χ3v) is 3.36. The van der Waals surface area contributed by atoms with Crippen molar-refractivity contribution in [2.75, 3.05) is 11.9 Å². The number of nitrogens with one attached hydrogen (secondary N) is 2. The normalized spacial score (nSPS) is 10.0. The molecule has 2 N–H and O–H groups in total. The van der Waals surface area contributed by atoms with Crippen LogP contribution in [0.4, 0.5) is 5.69 Å². The molecule has 0 fully saturated rings. The first-order valence-electron chi connectivity index (χ1n) is 6.42. The van der Waals surface area contributed by atoms with Crippen LogP contribution in [0, 0.1) is 0 Å². The third-order valence-electron chi connectivity index (χ3n) is 2.72. The molecule has 0 atom stereocenters. The minimum Gasteiger partial charge on any atom is -0.352 e. The van der Waals surface area contributed by atoms with Crippen molar-refractivity contribution in [3.63, 3.8) is 0 Å². The first-order chi connectivity index (χ1) is 10.1. The van der Waals surface area contributed by atoms with E-state index in [0.717, 1.165) is 0 Å². The number of nitrogens with zero attached hydrogens (tertiary/aromatic N) is 1. The molecular formula is C15H14BrN3O2. The van der Waals surface area contributed by atoms with Crippen molar-refractivity contribution in [2.24, 2.45) is 0 Å². The summed E-state index contributed by atoms with van der Waals surface area (Å²) in [6, 6.07) is 10.2. The molecule has 2 amide bonds. The highest BCUT2D eigenvalue weighted by molar-refractivity contribution is 9.10. The number of rotatable bonds is 4. The van der Waals surface area contributed by atoms with E-state index in [4.69, 9.17) is 0 Å². The Hall–Kier alpha value is -2.21. The Labute approximate surface area is 130 Å². The molecule has 2 rings (SSSR count). The number of pyridine rings is 1. The summed E-state index contributed by atoms with van der Waals surface area (Å²) in [6.07, 6.45) is 1.55. The number of carbonyl (C=O) groups excluding carboxylic acids is 2. The van der Waals surface area contributed by atoms with Crippen LogP contribution < -0.4 is 10.6 Å². The topological polar surface area (TPSA) is 71.1 Å². The van der Waals surface area contributed by atoms with Crippen LogP contribution in [0.2, 0.25) is 0 Å². The smallest absolute Gasteiger partial charge is 0.275 e. The minimum atomic E-state index is -0.312. The molecule has 0 spiro atoms. The number of amides is 2. The van der Waals surface area contributed by atoms with Gasteiger partial charge in [-0.3, -0.25) is 9.59 Å². The summed E-state index contributed by atoms with van der Waals surface area (Å²) in [7, 11) is 0.